The van der Waals surface area contributed by atoms with Gasteiger partial charge in [-0.15, -0.1) is 11.8 Å². The Balaban J connectivity index is 2.20. The molecule has 1 N–H and O–H groups in total. The number of benzene rings is 2. The van der Waals surface area contributed by atoms with Crippen molar-refractivity contribution in [2.24, 2.45) is 0 Å². The van der Waals surface area contributed by atoms with Crippen molar-refractivity contribution in [1.29, 1.82) is 0 Å². The van der Waals surface area contributed by atoms with Crippen LogP contribution in [0.1, 0.15) is 28.4 Å². The van der Waals surface area contributed by atoms with E-state index >= 15 is 0 Å². The fourth-order valence-electron chi connectivity index (χ4n) is 2.05. The minimum Gasteiger partial charge on any atom is -0.322 e. The highest BCUT2D eigenvalue weighted by Crippen LogP contribution is 2.30. The van der Waals surface area contributed by atoms with E-state index in [0.717, 1.165) is 12.1 Å². The number of hydrogen-bond donors (Lipinski definition) is 1. The summed E-state index contributed by atoms with van der Waals surface area (Å²) in [5, 5.41) is 2.56. The fourth-order valence-corrected chi connectivity index (χ4v) is 2.92. The van der Waals surface area contributed by atoms with E-state index in [4.69, 9.17) is 0 Å². The van der Waals surface area contributed by atoms with Gasteiger partial charge in [-0.1, -0.05) is 13.0 Å². The number of thioether (sulfide) groups is 1. The van der Waals surface area contributed by atoms with Crippen LogP contribution >= 0.6 is 11.8 Å². The van der Waals surface area contributed by atoms with Gasteiger partial charge in [-0.25, -0.2) is 4.39 Å². The van der Waals surface area contributed by atoms with E-state index < -0.39 is 24.3 Å². The number of carbonyl (C=O) groups excluding carboxylic acids is 1. The van der Waals surface area contributed by atoms with E-state index in [1.54, 1.807) is 6.07 Å². The number of hydrogen-bond acceptors (Lipinski definition) is 2. The summed E-state index contributed by atoms with van der Waals surface area (Å²) in [4.78, 5) is 13.0. The molecule has 0 atom stereocenters. The van der Waals surface area contributed by atoms with Gasteiger partial charge in [-0.2, -0.15) is 13.2 Å². The van der Waals surface area contributed by atoms with Crippen molar-refractivity contribution in [2.45, 2.75) is 24.7 Å². The molecule has 0 spiro atoms. The van der Waals surface area contributed by atoms with E-state index in [2.05, 4.69) is 5.32 Å². The molecule has 1 amide bonds. The summed E-state index contributed by atoms with van der Waals surface area (Å²) in [6.45, 7) is 1.28. The van der Waals surface area contributed by atoms with Crippen molar-refractivity contribution in [3.8, 4) is 0 Å². The smallest absolute Gasteiger partial charge is 0.322 e. The van der Waals surface area contributed by atoms with Gasteiger partial charge < -0.3 is 5.32 Å². The molecule has 0 heterocycles. The van der Waals surface area contributed by atoms with Crippen LogP contribution in [0.4, 0.5) is 23.2 Å². The Hall–Kier alpha value is -2.02. The molecule has 0 saturated carbocycles. The zero-order valence-electron chi connectivity index (χ0n) is 12.8. The third-order valence-electron chi connectivity index (χ3n) is 3.21. The number of rotatable bonds is 5. The molecule has 0 aliphatic heterocycles. The second-order valence-electron chi connectivity index (χ2n) is 4.93. The van der Waals surface area contributed by atoms with E-state index in [9.17, 15) is 22.4 Å². The average Bonchev–Trinajstić information content (AvgIpc) is 2.54. The second-order valence-corrected chi connectivity index (χ2v) is 6.23. The highest BCUT2D eigenvalue weighted by molar-refractivity contribution is 7.99. The lowest BCUT2D eigenvalue weighted by Gasteiger charge is -2.11. The first-order chi connectivity index (χ1) is 11.3. The molecule has 0 aromatic heterocycles. The van der Waals surface area contributed by atoms with Gasteiger partial charge in [0.2, 0.25) is 0 Å². The van der Waals surface area contributed by atoms with Crippen LogP contribution < -0.4 is 5.32 Å². The van der Waals surface area contributed by atoms with Gasteiger partial charge in [0.1, 0.15) is 6.67 Å². The van der Waals surface area contributed by atoms with Gasteiger partial charge >= 0.3 is 6.18 Å². The monoisotopic (exact) mass is 357 g/mol. The first kappa shape index (κ1) is 18.3. The first-order valence-electron chi connectivity index (χ1n) is 7.15. The molecule has 2 aromatic rings. The molecule has 2 rings (SSSR count). The van der Waals surface area contributed by atoms with Gasteiger partial charge in [-0.05, 0) is 47.7 Å². The molecule has 7 heteroatoms. The lowest BCUT2D eigenvalue weighted by Crippen LogP contribution is -2.13. The van der Waals surface area contributed by atoms with Crippen LogP contribution in [-0.4, -0.2) is 11.7 Å². The average molecular weight is 357 g/mol. The maximum atomic E-state index is 12.8. The molecule has 24 heavy (non-hydrogen) atoms. The number of nitrogens with one attached hydrogen (secondary N) is 1. The largest absolute Gasteiger partial charge is 0.416 e. The summed E-state index contributed by atoms with van der Waals surface area (Å²) >= 11 is 1.40. The highest BCUT2D eigenvalue weighted by atomic mass is 32.2. The zero-order chi connectivity index (χ0) is 17.7. The van der Waals surface area contributed by atoms with Gasteiger partial charge in [0.25, 0.3) is 5.91 Å². The Bertz CT molecular complexity index is 714. The Morgan fingerprint density at radius 3 is 2.33 bits per heavy atom. The summed E-state index contributed by atoms with van der Waals surface area (Å²) in [6, 6.07) is 8.85. The molecule has 0 aliphatic rings. The predicted octanol–water partition coefficient (Wildman–Crippen LogP) is 5.54. The predicted molar refractivity (Wildman–Crippen MR) is 87.0 cm³/mol. The minimum atomic E-state index is -4.42. The maximum Gasteiger partial charge on any atom is 0.416 e. The summed E-state index contributed by atoms with van der Waals surface area (Å²) in [5.74, 6) is 0.257. The van der Waals surface area contributed by atoms with Crippen molar-refractivity contribution in [3.63, 3.8) is 0 Å². The van der Waals surface area contributed by atoms with Crippen molar-refractivity contribution >= 4 is 23.4 Å². The molecule has 2 aromatic carbocycles. The third-order valence-corrected chi connectivity index (χ3v) is 4.15. The zero-order valence-corrected chi connectivity index (χ0v) is 13.6. The van der Waals surface area contributed by atoms with E-state index in [1.807, 2.05) is 6.92 Å². The molecule has 2 nitrogen and oxygen atoms in total. The quantitative estimate of drug-likeness (QED) is 0.562. The van der Waals surface area contributed by atoms with Crippen molar-refractivity contribution < 1.29 is 22.4 Å². The van der Waals surface area contributed by atoms with Crippen LogP contribution in [0.3, 0.4) is 0 Å². The summed E-state index contributed by atoms with van der Waals surface area (Å²) in [7, 11) is 0. The van der Waals surface area contributed by atoms with E-state index in [1.165, 1.54) is 36.0 Å². The normalized spacial score (nSPS) is 11.4. The molecule has 0 unspecified atom stereocenters. The topological polar surface area (TPSA) is 29.1 Å². The van der Waals surface area contributed by atoms with Crippen LogP contribution in [0.2, 0.25) is 0 Å². The molecule has 0 saturated heterocycles. The maximum absolute atomic E-state index is 12.8. The van der Waals surface area contributed by atoms with Crippen molar-refractivity contribution in [2.75, 3.05) is 11.1 Å². The molecule has 0 aliphatic carbocycles. The lowest BCUT2D eigenvalue weighted by molar-refractivity contribution is -0.137. The Kier molecular flexibility index (Phi) is 5.88. The Labute approximate surface area is 141 Å². The van der Waals surface area contributed by atoms with Crippen molar-refractivity contribution in [1.82, 2.24) is 0 Å². The van der Waals surface area contributed by atoms with Crippen LogP contribution in [0, 0.1) is 0 Å². The Morgan fingerprint density at radius 1 is 1.12 bits per heavy atom. The molecule has 0 fully saturated rings. The number of carbonyl (C=O) groups is 1. The lowest BCUT2D eigenvalue weighted by atomic mass is 10.1. The minimum absolute atomic E-state index is 0.259. The van der Waals surface area contributed by atoms with Crippen LogP contribution in [0.15, 0.2) is 47.4 Å². The summed E-state index contributed by atoms with van der Waals surface area (Å²) in [6.07, 6.45) is -4.42. The van der Waals surface area contributed by atoms with E-state index in [0.29, 0.717) is 21.8 Å². The Morgan fingerprint density at radius 2 is 1.79 bits per heavy atom. The highest BCUT2D eigenvalue weighted by Gasteiger charge is 2.30. The summed E-state index contributed by atoms with van der Waals surface area (Å²) < 4.78 is 50.4. The van der Waals surface area contributed by atoms with Gasteiger partial charge in [-0.3, -0.25) is 4.79 Å². The third kappa shape index (κ3) is 4.50. The van der Waals surface area contributed by atoms with Gasteiger partial charge in [0, 0.05) is 10.6 Å². The summed E-state index contributed by atoms with van der Waals surface area (Å²) in [5.41, 5.74) is 0.306. The first-order valence-corrected chi connectivity index (χ1v) is 8.14. The van der Waals surface area contributed by atoms with E-state index in [-0.39, 0.29) is 5.69 Å². The van der Waals surface area contributed by atoms with Crippen LogP contribution in [-0.2, 0) is 12.9 Å². The molecule has 0 radical (unpaired) electrons. The van der Waals surface area contributed by atoms with Gasteiger partial charge in [0.15, 0.2) is 0 Å². The number of alkyl halides is 4. The van der Waals surface area contributed by atoms with Crippen LogP contribution in [0.25, 0.3) is 0 Å². The van der Waals surface area contributed by atoms with Crippen molar-refractivity contribution in [3.05, 3.63) is 59.2 Å². The van der Waals surface area contributed by atoms with Gasteiger partial charge in [0.05, 0.1) is 11.1 Å². The molecular formula is C17H15F4NOS. The number of amides is 1. The molecule has 128 valence electrons. The number of halogens is 4. The molecular weight excluding hydrogens is 342 g/mol. The standard InChI is InChI=1S/C17H15F4NOS/c1-2-24-15-9-11(10-18)3-8-14(15)16(23)22-13-6-4-12(5-7-13)17(19,20)21/h3-9H,2,10H2,1H3,(H,22,23). The number of anilines is 1. The molecule has 0 bridgehead atoms. The van der Waals surface area contributed by atoms with Crippen LogP contribution in [0.5, 0.6) is 0 Å². The fraction of sp³-hybridized carbons (Fsp3) is 0.235. The second kappa shape index (κ2) is 7.70. The SMILES string of the molecule is CCSc1cc(CF)ccc1C(=O)Nc1ccc(C(F)(F)F)cc1.